The zero-order valence-corrected chi connectivity index (χ0v) is 13.6. The topological polar surface area (TPSA) is 0 Å². The molecule has 0 aliphatic rings. The molecule has 0 fully saturated rings. The second-order valence-electron chi connectivity index (χ2n) is 4.18. The molecule has 0 radical (unpaired) electrons. The monoisotopic (exact) mass is 342 g/mol. The summed E-state index contributed by atoms with van der Waals surface area (Å²) in [5.74, 6) is 0. The molecule has 0 N–H and O–H groups in total. The third-order valence-electron chi connectivity index (χ3n) is 2.86. The highest BCUT2D eigenvalue weighted by Gasteiger charge is 2.16. The van der Waals surface area contributed by atoms with Crippen molar-refractivity contribution in [2.24, 2.45) is 0 Å². The zero-order chi connectivity index (χ0) is 14.4. The lowest BCUT2D eigenvalue weighted by Gasteiger charge is -2.20. The molecular weight excluding hydrogens is 327 g/mol. The van der Waals surface area contributed by atoms with Gasteiger partial charge < -0.3 is 0 Å². The van der Waals surface area contributed by atoms with Crippen LogP contribution in [0.3, 0.4) is 0 Å². The van der Waals surface area contributed by atoms with E-state index in [0.717, 1.165) is 4.47 Å². The molecule has 100 valence electrons. The lowest BCUT2D eigenvalue weighted by Crippen LogP contribution is -2.12. The van der Waals surface area contributed by atoms with E-state index in [-0.39, 0.29) is 0 Å². The van der Waals surface area contributed by atoms with Gasteiger partial charge in [0.25, 0.3) is 0 Å². The highest BCUT2D eigenvalue weighted by atomic mass is 79.9. The molecule has 0 heterocycles. The van der Waals surface area contributed by atoms with Gasteiger partial charge in [0.2, 0.25) is 0 Å². The summed E-state index contributed by atoms with van der Waals surface area (Å²) in [6.45, 7) is 7.77. The Bertz CT molecular complexity index is 612. The predicted octanol–water partition coefficient (Wildman–Crippen LogP) is 5.14. The summed E-state index contributed by atoms with van der Waals surface area (Å²) >= 11 is 3.49. The fourth-order valence-electron chi connectivity index (χ4n) is 1.97. The lowest BCUT2D eigenvalue weighted by molar-refractivity contribution is 1.69. The maximum atomic E-state index is 3.96. The smallest absolute Gasteiger partial charge is 0.0175 e. The van der Waals surface area contributed by atoms with Gasteiger partial charge in [-0.05, 0) is 36.0 Å². The second kappa shape index (κ2) is 7.38. The first-order valence-electron chi connectivity index (χ1n) is 6.32. The molecule has 0 aromatic heterocycles. The zero-order valence-electron chi connectivity index (χ0n) is 11.2. The average Bonchev–Trinajstić information content (AvgIpc) is 2.49. The molecule has 0 aliphatic carbocycles. The highest BCUT2D eigenvalue weighted by Crippen LogP contribution is 2.43. The maximum absolute atomic E-state index is 3.96. The van der Waals surface area contributed by atoms with E-state index >= 15 is 0 Å². The van der Waals surface area contributed by atoms with Crippen LogP contribution in [-0.2, 0) is 0 Å². The van der Waals surface area contributed by atoms with E-state index in [4.69, 9.17) is 0 Å². The number of rotatable bonds is 5. The van der Waals surface area contributed by atoms with Gasteiger partial charge in [-0.25, -0.2) is 0 Å². The summed E-state index contributed by atoms with van der Waals surface area (Å²) < 4.78 is 1.09. The van der Waals surface area contributed by atoms with E-state index in [9.17, 15) is 0 Å². The van der Waals surface area contributed by atoms with Crippen LogP contribution in [0.4, 0.5) is 0 Å². The standard InChI is InChI=1S/C18H16BrP/c1-3-8-16(4-2)20(17-9-6-5-7-10-17)18-13-11-15(19)12-14-18/h3-14H,1-2H2/b16-8+. The molecule has 0 nitrogen and oxygen atoms in total. The van der Waals surface area contributed by atoms with E-state index < -0.39 is 7.92 Å². The van der Waals surface area contributed by atoms with Gasteiger partial charge in [0.05, 0.1) is 0 Å². The van der Waals surface area contributed by atoms with Gasteiger partial charge in [0.15, 0.2) is 0 Å². The van der Waals surface area contributed by atoms with Crippen molar-refractivity contribution in [1.82, 2.24) is 0 Å². The SMILES string of the molecule is C=C/C=C(\C=C)P(c1ccccc1)c1ccc(Br)cc1. The van der Waals surface area contributed by atoms with Crippen LogP contribution >= 0.6 is 23.9 Å². The maximum Gasteiger partial charge on any atom is 0.0175 e. The van der Waals surface area contributed by atoms with Crippen LogP contribution in [0.5, 0.6) is 0 Å². The number of hydrogen-bond acceptors (Lipinski definition) is 0. The van der Waals surface area contributed by atoms with Gasteiger partial charge in [0, 0.05) is 4.47 Å². The number of hydrogen-bond donors (Lipinski definition) is 0. The summed E-state index contributed by atoms with van der Waals surface area (Å²) in [5.41, 5.74) is 0. The third kappa shape index (κ3) is 3.56. The van der Waals surface area contributed by atoms with Crippen LogP contribution < -0.4 is 10.6 Å². The van der Waals surface area contributed by atoms with Gasteiger partial charge in [-0.2, -0.15) is 0 Å². The van der Waals surface area contributed by atoms with Crippen molar-refractivity contribution in [3.8, 4) is 0 Å². The van der Waals surface area contributed by atoms with E-state index in [1.807, 2.05) is 24.3 Å². The Morgan fingerprint density at radius 2 is 1.50 bits per heavy atom. The Hall–Kier alpha value is -1.43. The first-order valence-corrected chi connectivity index (χ1v) is 8.45. The fourth-order valence-corrected chi connectivity index (χ4v) is 4.48. The third-order valence-corrected chi connectivity index (χ3v) is 5.86. The molecule has 2 heteroatoms. The number of benzene rings is 2. The Labute approximate surface area is 130 Å². The van der Waals surface area contributed by atoms with Crippen molar-refractivity contribution >= 4 is 34.5 Å². The van der Waals surface area contributed by atoms with Gasteiger partial charge in [-0.3, -0.25) is 0 Å². The van der Waals surface area contributed by atoms with Crippen LogP contribution in [-0.4, -0.2) is 0 Å². The van der Waals surface area contributed by atoms with Crippen molar-refractivity contribution in [1.29, 1.82) is 0 Å². The Morgan fingerprint density at radius 3 is 2.05 bits per heavy atom. The minimum atomic E-state index is -0.582. The van der Waals surface area contributed by atoms with E-state index in [1.165, 1.54) is 15.9 Å². The van der Waals surface area contributed by atoms with Crippen LogP contribution in [0.2, 0.25) is 0 Å². The Kier molecular flexibility index (Phi) is 5.52. The molecule has 1 atom stereocenters. The summed E-state index contributed by atoms with van der Waals surface area (Å²) in [4.78, 5) is 0. The lowest BCUT2D eigenvalue weighted by atomic mass is 10.4. The Morgan fingerprint density at radius 1 is 0.900 bits per heavy atom. The van der Waals surface area contributed by atoms with Gasteiger partial charge in [0.1, 0.15) is 0 Å². The van der Waals surface area contributed by atoms with Crippen LogP contribution in [0, 0.1) is 0 Å². The first-order chi connectivity index (χ1) is 9.76. The van der Waals surface area contributed by atoms with Crippen LogP contribution in [0.1, 0.15) is 0 Å². The molecule has 2 rings (SSSR count). The summed E-state index contributed by atoms with van der Waals surface area (Å²) in [6.07, 6.45) is 5.81. The molecule has 0 spiro atoms. The first kappa shape index (κ1) is 15.0. The van der Waals surface area contributed by atoms with Crippen molar-refractivity contribution < 1.29 is 0 Å². The molecule has 2 aromatic carbocycles. The van der Waals surface area contributed by atoms with Crippen molar-refractivity contribution in [2.75, 3.05) is 0 Å². The van der Waals surface area contributed by atoms with Gasteiger partial charge >= 0.3 is 0 Å². The molecule has 1 unspecified atom stereocenters. The van der Waals surface area contributed by atoms with E-state index in [0.29, 0.717) is 0 Å². The number of halogens is 1. The predicted molar refractivity (Wildman–Crippen MR) is 95.2 cm³/mol. The van der Waals surface area contributed by atoms with Gasteiger partial charge in [-0.1, -0.05) is 89.8 Å². The molecule has 2 aromatic rings. The molecule has 0 bridgehead atoms. The minimum Gasteiger partial charge on any atom is -0.0990 e. The normalized spacial score (nSPS) is 12.8. The van der Waals surface area contributed by atoms with Crippen molar-refractivity contribution in [3.05, 3.63) is 95.8 Å². The quantitative estimate of drug-likeness (QED) is 0.521. The fraction of sp³-hybridized carbons (Fsp3) is 0. The molecule has 0 aliphatic heterocycles. The molecular formula is C18H16BrP. The van der Waals surface area contributed by atoms with Crippen LogP contribution in [0.25, 0.3) is 0 Å². The molecule has 0 amide bonds. The molecule has 0 saturated heterocycles. The van der Waals surface area contributed by atoms with E-state index in [1.54, 1.807) is 0 Å². The highest BCUT2D eigenvalue weighted by molar-refractivity contribution is 9.10. The number of allylic oxidation sites excluding steroid dienone is 4. The Balaban J connectivity index is 2.54. The second-order valence-corrected chi connectivity index (χ2v) is 7.31. The van der Waals surface area contributed by atoms with E-state index in [2.05, 4.69) is 77.6 Å². The molecule has 20 heavy (non-hydrogen) atoms. The summed E-state index contributed by atoms with van der Waals surface area (Å²) in [7, 11) is -0.582. The summed E-state index contributed by atoms with van der Waals surface area (Å²) in [6, 6.07) is 19.1. The van der Waals surface area contributed by atoms with Crippen molar-refractivity contribution in [2.45, 2.75) is 0 Å². The molecule has 0 saturated carbocycles. The van der Waals surface area contributed by atoms with Gasteiger partial charge in [-0.15, -0.1) is 0 Å². The largest absolute Gasteiger partial charge is 0.0990 e. The summed E-state index contributed by atoms with van der Waals surface area (Å²) in [5, 5.41) is 3.84. The average molecular weight is 343 g/mol. The van der Waals surface area contributed by atoms with Crippen molar-refractivity contribution in [3.63, 3.8) is 0 Å². The minimum absolute atomic E-state index is 0.582. The van der Waals surface area contributed by atoms with Crippen LogP contribution in [0.15, 0.2) is 95.8 Å².